The SMILES string of the molecule is CCOc1cccc2cc(C(=O)Nc3ccc(Br)cc3)c(=O)oc12. The Morgan fingerprint density at radius 2 is 1.96 bits per heavy atom. The zero-order valence-electron chi connectivity index (χ0n) is 12.8. The van der Waals surface area contributed by atoms with Gasteiger partial charge in [-0.3, -0.25) is 4.79 Å². The lowest BCUT2D eigenvalue weighted by atomic mass is 10.1. The number of ether oxygens (including phenoxy) is 1. The number of fused-ring (bicyclic) bond motifs is 1. The van der Waals surface area contributed by atoms with Gasteiger partial charge in [-0.2, -0.15) is 0 Å². The maximum absolute atomic E-state index is 12.4. The third-order valence-corrected chi connectivity index (χ3v) is 3.90. The molecule has 0 radical (unpaired) electrons. The lowest BCUT2D eigenvalue weighted by molar-refractivity contribution is 0.102. The van der Waals surface area contributed by atoms with E-state index in [9.17, 15) is 9.59 Å². The largest absolute Gasteiger partial charge is 0.490 e. The number of anilines is 1. The first-order valence-corrected chi connectivity index (χ1v) is 8.14. The molecule has 122 valence electrons. The smallest absolute Gasteiger partial charge is 0.349 e. The zero-order valence-corrected chi connectivity index (χ0v) is 14.4. The highest BCUT2D eigenvalue weighted by molar-refractivity contribution is 9.10. The van der Waals surface area contributed by atoms with Gasteiger partial charge in [-0.15, -0.1) is 0 Å². The fraction of sp³-hybridized carbons (Fsp3) is 0.111. The van der Waals surface area contributed by atoms with Crippen LogP contribution in [0.2, 0.25) is 0 Å². The van der Waals surface area contributed by atoms with Gasteiger partial charge in [0, 0.05) is 15.5 Å². The lowest BCUT2D eigenvalue weighted by Crippen LogP contribution is -2.20. The number of para-hydroxylation sites is 1. The minimum Gasteiger partial charge on any atom is -0.490 e. The molecule has 0 spiro atoms. The van der Waals surface area contributed by atoms with Gasteiger partial charge in [0.25, 0.3) is 5.91 Å². The molecule has 0 aliphatic rings. The van der Waals surface area contributed by atoms with E-state index < -0.39 is 11.5 Å². The number of hydrogen-bond donors (Lipinski definition) is 1. The second-order valence-corrected chi connectivity index (χ2v) is 5.93. The summed E-state index contributed by atoms with van der Waals surface area (Å²) in [4.78, 5) is 24.5. The molecule has 6 heteroatoms. The molecule has 1 heterocycles. The van der Waals surface area contributed by atoms with Crippen molar-refractivity contribution < 1.29 is 13.9 Å². The minimum atomic E-state index is -0.704. The number of halogens is 1. The number of hydrogen-bond acceptors (Lipinski definition) is 4. The molecule has 0 unspecified atom stereocenters. The Morgan fingerprint density at radius 3 is 2.67 bits per heavy atom. The van der Waals surface area contributed by atoms with Gasteiger partial charge in [-0.1, -0.05) is 28.1 Å². The predicted octanol–water partition coefficient (Wildman–Crippen LogP) is 4.21. The van der Waals surface area contributed by atoms with Crippen molar-refractivity contribution in [1.82, 2.24) is 0 Å². The monoisotopic (exact) mass is 387 g/mol. The first-order chi connectivity index (χ1) is 11.6. The Balaban J connectivity index is 1.97. The molecule has 5 nitrogen and oxygen atoms in total. The molecule has 0 bridgehead atoms. The summed E-state index contributed by atoms with van der Waals surface area (Å²) in [5, 5.41) is 3.31. The molecule has 1 amide bonds. The molecule has 3 aromatic rings. The van der Waals surface area contributed by atoms with E-state index in [0.717, 1.165) is 4.47 Å². The summed E-state index contributed by atoms with van der Waals surface area (Å²) in [5.74, 6) is -0.0400. The van der Waals surface area contributed by atoms with E-state index in [-0.39, 0.29) is 5.56 Å². The second kappa shape index (κ2) is 6.88. The molecule has 0 aliphatic heterocycles. The fourth-order valence-corrected chi connectivity index (χ4v) is 2.54. The number of benzene rings is 2. The summed E-state index contributed by atoms with van der Waals surface area (Å²) >= 11 is 3.33. The summed E-state index contributed by atoms with van der Waals surface area (Å²) in [6, 6.07) is 13.8. The van der Waals surface area contributed by atoms with E-state index in [2.05, 4.69) is 21.2 Å². The second-order valence-electron chi connectivity index (χ2n) is 5.02. The number of amides is 1. The van der Waals surface area contributed by atoms with E-state index in [1.807, 2.05) is 6.92 Å². The third-order valence-electron chi connectivity index (χ3n) is 3.37. The highest BCUT2D eigenvalue weighted by Crippen LogP contribution is 2.25. The molecule has 0 saturated carbocycles. The van der Waals surface area contributed by atoms with E-state index in [0.29, 0.717) is 29.0 Å². The van der Waals surface area contributed by atoms with Gasteiger partial charge in [0.15, 0.2) is 11.3 Å². The van der Waals surface area contributed by atoms with Gasteiger partial charge in [-0.25, -0.2) is 4.79 Å². The Bertz CT molecular complexity index is 947. The molecule has 1 N–H and O–H groups in total. The van der Waals surface area contributed by atoms with Gasteiger partial charge >= 0.3 is 5.63 Å². The van der Waals surface area contributed by atoms with Crippen molar-refractivity contribution in [3.05, 3.63) is 69.0 Å². The molecule has 0 saturated heterocycles. The highest BCUT2D eigenvalue weighted by atomic mass is 79.9. The number of nitrogens with one attached hydrogen (secondary N) is 1. The average molecular weight is 388 g/mol. The van der Waals surface area contributed by atoms with Crippen LogP contribution < -0.4 is 15.7 Å². The highest BCUT2D eigenvalue weighted by Gasteiger charge is 2.15. The van der Waals surface area contributed by atoms with Crippen molar-refractivity contribution in [3.63, 3.8) is 0 Å². The van der Waals surface area contributed by atoms with Crippen LogP contribution in [0.4, 0.5) is 5.69 Å². The average Bonchev–Trinajstić information content (AvgIpc) is 2.57. The lowest BCUT2D eigenvalue weighted by Gasteiger charge is -2.08. The quantitative estimate of drug-likeness (QED) is 0.680. The van der Waals surface area contributed by atoms with E-state index in [1.54, 1.807) is 42.5 Å². The van der Waals surface area contributed by atoms with Crippen LogP contribution in [0.5, 0.6) is 5.75 Å². The van der Waals surface area contributed by atoms with Crippen LogP contribution in [0.3, 0.4) is 0 Å². The fourth-order valence-electron chi connectivity index (χ4n) is 2.28. The van der Waals surface area contributed by atoms with Crippen molar-refractivity contribution in [2.45, 2.75) is 6.92 Å². The van der Waals surface area contributed by atoms with Crippen LogP contribution in [0.25, 0.3) is 11.0 Å². The van der Waals surface area contributed by atoms with Crippen molar-refractivity contribution in [2.24, 2.45) is 0 Å². The first-order valence-electron chi connectivity index (χ1n) is 7.35. The van der Waals surface area contributed by atoms with Crippen molar-refractivity contribution >= 4 is 38.5 Å². The number of carbonyl (C=O) groups is 1. The molecule has 24 heavy (non-hydrogen) atoms. The van der Waals surface area contributed by atoms with E-state index in [4.69, 9.17) is 9.15 Å². The number of rotatable bonds is 4. The summed E-state index contributed by atoms with van der Waals surface area (Å²) in [5.41, 5.74) is 0.165. The Hall–Kier alpha value is -2.60. The first kappa shape index (κ1) is 16.3. The molecular weight excluding hydrogens is 374 g/mol. The van der Waals surface area contributed by atoms with Crippen LogP contribution in [0.1, 0.15) is 17.3 Å². The molecular formula is C18H14BrNO4. The van der Waals surface area contributed by atoms with Crippen molar-refractivity contribution in [3.8, 4) is 5.75 Å². The van der Waals surface area contributed by atoms with Gasteiger partial charge in [0.05, 0.1) is 6.61 Å². The molecule has 0 fully saturated rings. The third kappa shape index (κ3) is 3.33. The molecule has 2 aromatic carbocycles. The standard InChI is InChI=1S/C18H14BrNO4/c1-2-23-15-5-3-4-11-10-14(18(22)24-16(11)15)17(21)20-13-8-6-12(19)7-9-13/h3-10H,2H2,1H3,(H,20,21). The Morgan fingerprint density at radius 1 is 1.21 bits per heavy atom. The summed E-state index contributed by atoms with van der Waals surface area (Å²) < 4.78 is 11.6. The van der Waals surface area contributed by atoms with Crippen LogP contribution in [-0.4, -0.2) is 12.5 Å². The molecule has 0 atom stereocenters. The Kier molecular flexibility index (Phi) is 4.66. The minimum absolute atomic E-state index is 0.0564. The van der Waals surface area contributed by atoms with Crippen LogP contribution in [0.15, 0.2) is 62.2 Å². The number of carbonyl (C=O) groups excluding carboxylic acids is 1. The predicted molar refractivity (Wildman–Crippen MR) is 95.7 cm³/mol. The van der Waals surface area contributed by atoms with Crippen molar-refractivity contribution in [2.75, 3.05) is 11.9 Å². The maximum Gasteiger partial charge on any atom is 0.349 e. The summed E-state index contributed by atoms with van der Waals surface area (Å²) in [6.45, 7) is 2.30. The van der Waals surface area contributed by atoms with Gasteiger partial charge in [0.1, 0.15) is 5.56 Å². The van der Waals surface area contributed by atoms with Crippen LogP contribution in [-0.2, 0) is 0 Å². The van der Waals surface area contributed by atoms with E-state index in [1.165, 1.54) is 6.07 Å². The van der Waals surface area contributed by atoms with E-state index >= 15 is 0 Å². The molecule has 1 aromatic heterocycles. The van der Waals surface area contributed by atoms with Gasteiger partial charge in [-0.05, 0) is 43.3 Å². The maximum atomic E-state index is 12.4. The molecule has 0 aliphatic carbocycles. The zero-order chi connectivity index (χ0) is 17.1. The van der Waals surface area contributed by atoms with Crippen molar-refractivity contribution in [1.29, 1.82) is 0 Å². The van der Waals surface area contributed by atoms with Gasteiger partial charge < -0.3 is 14.5 Å². The van der Waals surface area contributed by atoms with Gasteiger partial charge in [0.2, 0.25) is 0 Å². The molecule has 3 rings (SSSR count). The van der Waals surface area contributed by atoms with Crippen LogP contribution >= 0.6 is 15.9 Å². The summed E-state index contributed by atoms with van der Waals surface area (Å²) in [6.07, 6.45) is 0. The normalized spacial score (nSPS) is 10.6. The van der Waals surface area contributed by atoms with Crippen LogP contribution in [0, 0.1) is 0 Å². The summed E-state index contributed by atoms with van der Waals surface area (Å²) in [7, 11) is 0. The Labute approximate surface area is 146 Å². The topological polar surface area (TPSA) is 68.5 Å².